The van der Waals surface area contributed by atoms with Crippen molar-refractivity contribution in [2.24, 2.45) is 5.41 Å². The molecule has 33 heavy (non-hydrogen) atoms. The van der Waals surface area contributed by atoms with Gasteiger partial charge in [0.05, 0.1) is 12.0 Å². The van der Waals surface area contributed by atoms with E-state index >= 15 is 0 Å². The highest BCUT2D eigenvalue weighted by atomic mass is 35.5. The molecular formula is C26H34ClFN2O2S. The lowest BCUT2D eigenvalue weighted by molar-refractivity contribution is -0.149. The molecule has 2 aromatic rings. The maximum absolute atomic E-state index is 13.7. The van der Waals surface area contributed by atoms with Crippen molar-refractivity contribution in [3.05, 3.63) is 57.5 Å². The molecule has 1 saturated carbocycles. The van der Waals surface area contributed by atoms with E-state index in [9.17, 15) is 14.0 Å². The van der Waals surface area contributed by atoms with Gasteiger partial charge in [0.1, 0.15) is 12.4 Å². The number of aryl methyl sites for hydroxylation is 1. The number of benzene rings is 1. The highest BCUT2D eigenvalue weighted by Gasteiger charge is 2.37. The Bertz CT molecular complexity index is 938. The second kappa shape index (κ2) is 11.5. The van der Waals surface area contributed by atoms with Gasteiger partial charge in [0.25, 0.3) is 0 Å². The second-order valence-corrected chi connectivity index (χ2v) is 10.9. The van der Waals surface area contributed by atoms with Gasteiger partial charge in [-0.15, -0.1) is 22.9 Å². The summed E-state index contributed by atoms with van der Waals surface area (Å²) in [7, 11) is 0. The lowest BCUT2D eigenvalue weighted by atomic mass is 9.89. The zero-order valence-corrected chi connectivity index (χ0v) is 21.4. The number of carbonyl (C=O) groups is 2. The number of carbonyl (C=O) groups excluding carboxylic acids is 2. The highest BCUT2D eigenvalue weighted by molar-refractivity contribution is 7.10. The van der Waals surface area contributed by atoms with Crippen molar-refractivity contribution in [1.29, 1.82) is 0 Å². The van der Waals surface area contributed by atoms with Gasteiger partial charge >= 0.3 is 0 Å². The van der Waals surface area contributed by atoms with Crippen LogP contribution >= 0.6 is 22.9 Å². The Morgan fingerprint density at radius 3 is 2.33 bits per heavy atom. The SMILES string of the molecule is Cc1ccsc1CN(Cc1ccc(F)cc1)C(=O)CN(C(=O)C(C)(C)CCl)C1CCCCC1. The maximum atomic E-state index is 13.7. The molecule has 0 radical (unpaired) electrons. The molecule has 0 bridgehead atoms. The molecule has 0 atom stereocenters. The van der Waals surface area contributed by atoms with Gasteiger partial charge in [-0.3, -0.25) is 9.59 Å². The molecule has 1 fully saturated rings. The Kier molecular flexibility index (Phi) is 8.94. The molecule has 1 aromatic heterocycles. The van der Waals surface area contributed by atoms with Crippen LogP contribution < -0.4 is 0 Å². The molecule has 0 saturated heterocycles. The van der Waals surface area contributed by atoms with Crippen LogP contribution in [-0.2, 0) is 22.7 Å². The van der Waals surface area contributed by atoms with E-state index in [4.69, 9.17) is 11.6 Å². The van der Waals surface area contributed by atoms with Gasteiger partial charge in [-0.25, -0.2) is 4.39 Å². The summed E-state index contributed by atoms with van der Waals surface area (Å²) < 4.78 is 13.4. The molecule has 0 aliphatic heterocycles. The van der Waals surface area contributed by atoms with Gasteiger partial charge in [-0.1, -0.05) is 31.4 Å². The first-order valence-electron chi connectivity index (χ1n) is 11.6. The number of amides is 2. The molecule has 4 nitrogen and oxygen atoms in total. The number of rotatable bonds is 9. The van der Waals surface area contributed by atoms with Crippen LogP contribution in [0.4, 0.5) is 4.39 Å². The zero-order chi connectivity index (χ0) is 24.0. The molecule has 0 N–H and O–H groups in total. The fraction of sp³-hybridized carbons (Fsp3) is 0.538. The van der Waals surface area contributed by atoms with Crippen molar-refractivity contribution in [2.75, 3.05) is 12.4 Å². The van der Waals surface area contributed by atoms with Crippen LogP contribution in [0.15, 0.2) is 35.7 Å². The summed E-state index contributed by atoms with van der Waals surface area (Å²) >= 11 is 7.75. The number of halogens is 2. The molecule has 1 aliphatic carbocycles. The van der Waals surface area contributed by atoms with Crippen LogP contribution in [0, 0.1) is 18.2 Å². The van der Waals surface area contributed by atoms with E-state index in [0.29, 0.717) is 13.1 Å². The van der Waals surface area contributed by atoms with Gasteiger partial charge < -0.3 is 9.80 Å². The molecule has 1 aliphatic rings. The van der Waals surface area contributed by atoms with Crippen molar-refractivity contribution in [1.82, 2.24) is 9.80 Å². The molecule has 3 rings (SSSR count). The first kappa shape index (κ1) is 25.7. The van der Waals surface area contributed by atoms with E-state index in [0.717, 1.165) is 41.7 Å². The Balaban J connectivity index is 1.85. The number of alkyl halides is 1. The van der Waals surface area contributed by atoms with E-state index in [1.807, 2.05) is 32.2 Å². The monoisotopic (exact) mass is 492 g/mol. The van der Waals surface area contributed by atoms with Crippen LogP contribution in [0.25, 0.3) is 0 Å². The average Bonchev–Trinajstić information content (AvgIpc) is 3.22. The van der Waals surface area contributed by atoms with Gasteiger partial charge in [-0.2, -0.15) is 0 Å². The summed E-state index contributed by atoms with van der Waals surface area (Å²) in [5.74, 6) is -0.261. The van der Waals surface area contributed by atoms with E-state index in [-0.39, 0.29) is 36.1 Å². The number of hydrogen-bond acceptors (Lipinski definition) is 3. The Hall–Kier alpha value is -1.92. The van der Waals surface area contributed by atoms with Crippen molar-refractivity contribution in [2.45, 2.75) is 72.0 Å². The number of nitrogens with zero attached hydrogens (tertiary/aromatic N) is 2. The second-order valence-electron chi connectivity index (χ2n) is 9.65. The molecule has 0 spiro atoms. The predicted molar refractivity (Wildman–Crippen MR) is 133 cm³/mol. The van der Waals surface area contributed by atoms with E-state index in [1.54, 1.807) is 33.3 Å². The molecule has 1 heterocycles. The Morgan fingerprint density at radius 1 is 1.09 bits per heavy atom. The zero-order valence-electron chi connectivity index (χ0n) is 19.8. The molecule has 0 unspecified atom stereocenters. The molecule has 1 aromatic carbocycles. The van der Waals surface area contributed by atoms with Crippen LogP contribution in [0.1, 0.15) is 62.0 Å². The smallest absolute Gasteiger partial charge is 0.242 e. The topological polar surface area (TPSA) is 40.6 Å². The van der Waals surface area contributed by atoms with Crippen molar-refractivity contribution >= 4 is 34.8 Å². The van der Waals surface area contributed by atoms with Crippen LogP contribution in [0.3, 0.4) is 0 Å². The normalized spacial score (nSPS) is 14.8. The summed E-state index contributed by atoms with van der Waals surface area (Å²) in [6.07, 6.45) is 5.13. The minimum absolute atomic E-state index is 0.0371. The van der Waals surface area contributed by atoms with Crippen molar-refractivity contribution < 1.29 is 14.0 Å². The summed E-state index contributed by atoms with van der Waals surface area (Å²) in [5, 5.41) is 2.02. The average molecular weight is 493 g/mol. The molecule has 2 amide bonds. The number of hydrogen-bond donors (Lipinski definition) is 0. The van der Waals surface area contributed by atoms with Crippen LogP contribution in [0.5, 0.6) is 0 Å². The Morgan fingerprint density at radius 2 is 1.76 bits per heavy atom. The predicted octanol–water partition coefficient (Wildman–Crippen LogP) is 6.15. The largest absolute Gasteiger partial charge is 0.332 e. The fourth-order valence-electron chi connectivity index (χ4n) is 4.23. The van der Waals surface area contributed by atoms with Crippen molar-refractivity contribution in [3.8, 4) is 0 Å². The van der Waals surface area contributed by atoms with Gasteiger partial charge in [0.15, 0.2) is 0 Å². The molecule has 180 valence electrons. The summed E-state index contributed by atoms with van der Waals surface area (Å²) in [4.78, 5) is 31.8. The minimum Gasteiger partial charge on any atom is -0.332 e. The lowest BCUT2D eigenvalue weighted by Gasteiger charge is -2.39. The maximum Gasteiger partial charge on any atom is 0.242 e. The van der Waals surface area contributed by atoms with Gasteiger partial charge in [0, 0.05) is 23.3 Å². The van der Waals surface area contributed by atoms with E-state index < -0.39 is 5.41 Å². The fourth-order valence-corrected chi connectivity index (χ4v) is 5.27. The first-order valence-corrected chi connectivity index (χ1v) is 13.0. The summed E-state index contributed by atoms with van der Waals surface area (Å²) in [6, 6.07) is 8.34. The van der Waals surface area contributed by atoms with Crippen LogP contribution in [-0.4, -0.2) is 40.1 Å². The molecular weight excluding hydrogens is 459 g/mol. The standard InChI is InChI=1S/C26H34ClFN2O2S/c1-19-13-14-33-23(19)16-29(15-20-9-11-21(28)12-10-20)24(31)17-30(22-7-5-4-6-8-22)25(32)26(2,3)18-27/h9-14,22H,4-8,15-18H2,1-3H3. The van der Waals surface area contributed by atoms with Gasteiger partial charge in [0.2, 0.25) is 11.8 Å². The third-order valence-corrected chi connectivity index (χ3v) is 8.11. The minimum atomic E-state index is -0.731. The third-order valence-electron chi connectivity index (χ3n) is 6.44. The summed E-state index contributed by atoms with van der Waals surface area (Å²) in [5.41, 5.74) is 1.27. The third kappa shape index (κ3) is 6.80. The van der Waals surface area contributed by atoms with Gasteiger partial charge in [-0.05, 0) is 68.3 Å². The first-order chi connectivity index (χ1) is 15.7. The molecule has 7 heteroatoms. The number of thiophene rings is 1. The quantitative estimate of drug-likeness (QED) is 0.394. The Labute approximate surface area is 205 Å². The lowest BCUT2D eigenvalue weighted by Crippen LogP contribution is -2.52. The van der Waals surface area contributed by atoms with E-state index in [2.05, 4.69) is 0 Å². The van der Waals surface area contributed by atoms with E-state index in [1.165, 1.54) is 18.6 Å². The van der Waals surface area contributed by atoms with Crippen LogP contribution in [0.2, 0.25) is 0 Å². The highest BCUT2D eigenvalue weighted by Crippen LogP contribution is 2.29. The van der Waals surface area contributed by atoms with Crippen molar-refractivity contribution in [3.63, 3.8) is 0 Å². The summed E-state index contributed by atoms with van der Waals surface area (Å²) in [6.45, 7) is 6.58.